The second kappa shape index (κ2) is 8.70. The monoisotopic (exact) mass is 249 g/mol. The van der Waals surface area contributed by atoms with Gasteiger partial charge >= 0.3 is 5.97 Å². The Hall–Kier alpha value is -1.35. The second-order valence-corrected chi connectivity index (χ2v) is 4.70. The van der Waals surface area contributed by atoms with Gasteiger partial charge in [-0.2, -0.15) is 0 Å². The maximum Gasteiger partial charge on any atom is 0.306 e. The zero-order chi connectivity index (χ0) is 13.2. The lowest BCUT2D eigenvalue weighted by Crippen LogP contribution is -2.15. The summed E-state index contributed by atoms with van der Waals surface area (Å²) in [6, 6.07) is 10.3. The zero-order valence-electron chi connectivity index (χ0n) is 10.8. The van der Waals surface area contributed by atoms with Crippen molar-refractivity contribution < 1.29 is 9.90 Å². The number of unbranched alkanes of at least 4 members (excludes halogenated alkanes) is 1. The molecule has 0 saturated carbocycles. The maximum absolute atomic E-state index is 11.0. The Bertz CT molecular complexity index is 338. The number of hydrogen-bond acceptors (Lipinski definition) is 2. The van der Waals surface area contributed by atoms with E-state index in [0.717, 1.165) is 32.1 Å². The number of carbonyl (C=O) groups is 1. The molecule has 0 aliphatic carbocycles. The van der Waals surface area contributed by atoms with Crippen LogP contribution < -0.4 is 5.73 Å². The maximum atomic E-state index is 11.0. The Kier molecular flexibility index (Phi) is 7.11. The Morgan fingerprint density at radius 2 is 1.78 bits per heavy atom. The fourth-order valence-corrected chi connectivity index (χ4v) is 2.12. The van der Waals surface area contributed by atoms with Gasteiger partial charge in [0, 0.05) is 0 Å². The Morgan fingerprint density at radius 3 is 2.39 bits per heavy atom. The average molecular weight is 249 g/mol. The van der Waals surface area contributed by atoms with Gasteiger partial charge in [-0.1, -0.05) is 36.8 Å². The molecule has 0 heterocycles. The molecule has 0 aliphatic rings. The molecule has 0 radical (unpaired) electrons. The molecule has 3 N–H and O–H groups in total. The van der Waals surface area contributed by atoms with Crippen LogP contribution >= 0.6 is 0 Å². The van der Waals surface area contributed by atoms with Crippen molar-refractivity contribution in [3.63, 3.8) is 0 Å². The van der Waals surface area contributed by atoms with Crippen molar-refractivity contribution in [3.8, 4) is 0 Å². The molecule has 1 unspecified atom stereocenters. The number of benzene rings is 1. The molecule has 0 saturated heterocycles. The summed E-state index contributed by atoms with van der Waals surface area (Å²) in [5.74, 6) is -0.896. The van der Waals surface area contributed by atoms with Crippen LogP contribution in [0, 0.1) is 5.92 Å². The van der Waals surface area contributed by atoms with Crippen LogP contribution in [0.3, 0.4) is 0 Å². The van der Waals surface area contributed by atoms with E-state index in [1.54, 1.807) is 0 Å². The summed E-state index contributed by atoms with van der Waals surface area (Å²) in [4.78, 5) is 11.0. The van der Waals surface area contributed by atoms with Crippen molar-refractivity contribution >= 4 is 5.97 Å². The number of carboxylic acids is 1. The van der Waals surface area contributed by atoms with Crippen molar-refractivity contribution in [2.75, 3.05) is 6.54 Å². The number of nitrogens with two attached hydrogens (primary N) is 1. The topological polar surface area (TPSA) is 63.3 Å². The number of aliphatic carboxylic acids is 1. The Balaban J connectivity index is 2.20. The zero-order valence-corrected chi connectivity index (χ0v) is 10.8. The average Bonchev–Trinajstić information content (AvgIpc) is 2.38. The minimum absolute atomic E-state index is 0.218. The summed E-state index contributed by atoms with van der Waals surface area (Å²) in [7, 11) is 0. The van der Waals surface area contributed by atoms with Crippen molar-refractivity contribution in [1.82, 2.24) is 0 Å². The first-order chi connectivity index (χ1) is 8.74. The predicted molar refractivity (Wildman–Crippen MR) is 73.4 cm³/mol. The summed E-state index contributed by atoms with van der Waals surface area (Å²) in [5, 5.41) is 9.08. The molecule has 3 heteroatoms. The molecular weight excluding hydrogens is 226 g/mol. The fraction of sp³-hybridized carbons (Fsp3) is 0.533. The lowest BCUT2D eigenvalue weighted by atomic mass is 9.95. The molecule has 0 spiro atoms. The van der Waals surface area contributed by atoms with Crippen molar-refractivity contribution in [1.29, 1.82) is 0 Å². The molecule has 3 nitrogen and oxygen atoms in total. The molecule has 0 aromatic heterocycles. The molecule has 1 rings (SSSR count). The van der Waals surface area contributed by atoms with Gasteiger partial charge in [0.25, 0.3) is 0 Å². The summed E-state index contributed by atoms with van der Waals surface area (Å²) in [6.07, 6.45) is 5.33. The van der Waals surface area contributed by atoms with Crippen LogP contribution in [0.15, 0.2) is 30.3 Å². The van der Waals surface area contributed by atoms with E-state index in [4.69, 9.17) is 10.8 Å². The fourth-order valence-electron chi connectivity index (χ4n) is 2.12. The van der Waals surface area contributed by atoms with Crippen molar-refractivity contribution in [3.05, 3.63) is 35.9 Å². The van der Waals surface area contributed by atoms with Crippen LogP contribution in [0.1, 0.15) is 37.7 Å². The highest BCUT2D eigenvalue weighted by Crippen LogP contribution is 2.16. The van der Waals surface area contributed by atoms with Crippen LogP contribution in [-0.2, 0) is 11.2 Å². The van der Waals surface area contributed by atoms with Gasteiger partial charge in [-0.3, -0.25) is 4.79 Å². The van der Waals surface area contributed by atoms with Crippen LogP contribution in [0.5, 0.6) is 0 Å². The minimum atomic E-state index is -0.678. The van der Waals surface area contributed by atoms with Crippen molar-refractivity contribution in [2.45, 2.75) is 38.5 Å². The third-order valence-corrected chi connectivity index (χ3v) is 3.22. The summed E-state index contributed by atoms with van der Waals surface area (Å²) in [5.41, 5.74) is 6.74. The Morgan fingerprint density at radius 1 is 1.11 bits per heavy atom. The molecule has 0 aliphatic heterocycles. The molecular formula is C15H23NO2. The van der Waals surface area contributed by atoms with Gasteiger partial charge in [-0.25, -0.2) is 0 Å². The van der Waals surface area contributed by atoms with Gasteiger partial charge in [0.1, 0.15) is 0 Å². The van der Waals surface area contributed by atoms with Crippen LogP contribution in [0.2, 0.25) is 0 Å². The predicted octanol–water partition coefficient (Wildman–Crippen LogP) is 2.84. The quantitative estimate of drug-likeness (QED) is 0.661. The van der Waals surface area contributed by atoms with Gasteiger partial charge in [0.15, 0.2) is 0 Å². The third kappa shape index (κ3) is 5.82. The summed E-state index contributed by atoms with van der Waals surface area (Å²) >= 11 is 0. The van der Waals surface area contributed by atoms with Gasteiger partial charge < -0.3 is 10.8 Å². The first kappa shape index (κ1) is 14.7. The molecule has 1 atom stereocenters. The van der Waals surface area contributed by atoms with Gasteiger partial charge in [-0.15, -0.1) is 0 Å². The molecule has 0 fully saturated rings. The molecule has 18 heavy (non-hydrogen) atoms. The van der Waals surface area contributed by atoms with Gasteiger partial charge in [0.2, 0.25) is 0 Å². The summed E-state index contributed by atoms with van der Waals surface area (Å²) < 4.78 is 0. The van der Waals surface area contributed by atoms with E-state index in [0.29, 0.717) is 13.0 Å². The number of rotatable bonds is 9. The molecule has 100 valence electrons. The standard InChI is InChI=1S/C15H23NO2/c16-12-6-11-14(15(17)18)10-5-4-9-13-7-2-1-3-8-13/h1-3,7-8,14H,4-6,9-12,16H2,(H,17,18). The SMILES string of the molecule is NCCCC(CCCCc1ccccc1)C(=O)O. The highest BCUT2D eigenvalue weighted by Gasteiger charge is 2.15. The first-order valence-corrected chi connectivity index (χ1v) is 6.71. The molecule has 0 bridgehead atoms. The molecule has 1 aromatic carbocycles. The largest absolute Gasteiger partial charge is 0.481 e. The number of hydrogen-bond donors (Lipinski definition) is 2. The number of carboxylic acid groups (broad SMARTS) is 1. The normalized spacial score (nSPS) is 12.3. The lowest BCUT2D eigenvalue weighted by molar-refractivity contribution is -0.142. The van der Waals surface area contributed by atoms with E-state index in [1.165, 1.54) is 5.56 Å². The second-order valence-electron chi connectivity index (χ2n) is 4.70. The number of aryl methyl sites for hydroxylation is 1. The summed E-state index contributed by atoms with van der Waals surface area (Å²) in [6.45, 7) is 0.577. The molecule has 0 amide bonds. The van der Waals surface area contributed by atoms with Crippen molar-refractivity contribution in [2.24, 2.45) is 11.7 Å². The van der Waals surface area contributed by atoms with E-state index >= 15 is 0 Å². The highest BCUT2D eigenvalue weighted by atomic mass is 16.4. The van der Waals surface area contributed by atoms with E-state index in [1.807, 2.05) is 18.2 Å². The smallest absolute Gasteiger partial charge is 0.306 e. The van der Waals surface area contributed by atoms with Crippen LogP contribution in [-0.4, -0.2) is 17.6 Å². The van der Waals surface area contributed by atoms with Crippen LogP contribution in [0.25, 0.3) is 0 Å². The van der Waals surface area contributed by atoms with E-state index < -0.39 is 5.97 Å². The highest BCUT2D eigenvalue weighted by molar-refractivity contribution is 5.69. The first-order valence-electron chi connectivity index (χ1n) is 6.71. The van der Waals surface area contributed by atoms with E-state index in [-0.39, 0.29) is 5.92 Å². The lowest BCUT2D eigenvalue weighted by Gasteiger charge is -2.11. The van der Waals surface area contributed by atoms with E-state index in [2.05, 4.69) is 12.1 Å². The van der Waals surface area contributed by atoms with Gasteiger partial charge in [0.05, 0.1) is 5.92 Å². The van der Waals surface area contributed by atoms with Gasteiger partial charge in [-0.05, 0) is 44.2 Å². The van der Waals surface area contributed by atoms with E-state index in [9.17, 15) is 4.79 Å². The van der Waals surface area contributed by atoms with Crippen LogP contribution in [0.4, 0.5) is 0 Å². The minimum Gasteiger partial charge on any atom is -0.481 e. The Labute approximate surface area is 109 Å². The molecule has 1 aromatic rings. The third-order valence-electron chi connectivity index (χ3n) is 3.22.